The Bertz CT molecular complexity index is 48.2. The van der Waals surface area contributed by atoms with E-state index in [1.807, 2.05) is 0 Å². The first-order valence-corrected chi connectivity index (χ1v) is 1.90. The quantitative estimate of drug-likeness (QED) is 0.200. The van der Waals surface area contributed by atoms with Crippen molar-refractivity contribution in [3.63, 3.8) is 0 Å². The van der Waals surface area contributed by atoms with Crippen LogP contribution < -0.4 is 11.3 Å². The average Bonchev–Trinajstić information content (AvgIpc) is 1.69. The highest BCUT2D eigenvalue weighted by Crippen LogP contribution is 1.58. The van der Waals surface area contributed by atoms with E-state index in [4.69, 9.17) is 5.84 Å². The number of hydrogen-bond donors (Lipinski definition) is 2. The van der Waals surface area contributed by atoms with Gasteiger partial charge in [-0.1, -0.05) is 0 Å². The molecule has 0 saturated heterocycles. The van der Waals surface area contributed by atoms with Gasteiger partial charge in [-0.15, -0.1) is 0 Å². The van der Waals surface area contributed by atoms with Crippen LogP contribution in [0.3, 0.4) is 0 Å². The standard InChI is InChI=1S/C3H8N2O2/c4-5-1-2-7-3-6/h3,5H,1-2,4H2. The molecule has 0 aromatic rings. The molecule has 0 bridgehead atoms. The highest BCUT2D eigenvalue weighted by Gasteiger charge is 1.76. The summed E-state index contributed by atoms with van der Waals surface area (Å²) in [5.74, 6) is 4.82. The molecule has 4 nitrogen and oxygen atoms in total. The molecule has 4 heteroatoms. The zero-order valence-corrected chi connectivity index (χ0v) is 3.89. The molecular weight excluding hydrogens is 96.0 g/mol. The molecule has 0 radical (unpaired) electrons. The van der Waals surface area contributed by atoms with Crippen molar-refractivity contribution >= 4 is 6.47 Å². The summed E-state index contributed by atoms with van der Waals surface area (Å²) < 4.78 is 4.25. The van der Waals surface area contributed by atoms with Crippen LogP contribution in [0.1, 0.15) is 0 Å². The first-order valence-electron chi connectivity index (χ1n) is 1.90. The van der Waals surface area contributed by atoms with Gasteiger partial charge in [-0.2, -0.15) is 0 Å². The molecule has 0 rings (SSSR count). The molecule has 0 aliphatic carbocycles. The molecule has 0 aromatic carbocycles. The summed E-state index contributed by atoms with van der Waals surface area (Å²) in [6.07, 6.45) is 0. The summed E-state index contributed by atoms with van der Waals surface area (Å²) in [5, 5.41) is 0. The molecule has 0 fully saturated rings. The third-order valence-electron chi connectivity index (χ3n) is 0.432. The normalized spacial score (nSPS) is 8.14. The first kappa shape index (κ1) is 6.39. The van der Waals surface area contributed by atoms with Gasteiger partial charge in [0.25, 0.3) is 6.47 Å². The van der Waals surface area contributed by atoms with E-state index in [1.54, 1.807) is 0 Å². The maximum Gasteiger partial charge on any atom is 0.293 e. The SMILES string of the molecule is NNCCOC=O. The van der Waals surface area contributed by atoms with Crippen LogP contribution in [0.2, 0.25) is 0 Å². The molecule has 0 aliphatic heterocycles. The largest absolute Gasteiger partial charge is 0.466 e. The summed E-state index contributed by atoms with van der Waals surface area (Å²) in [5.41, 5.74) is 2.32. The lowest BCUT2D eigenvalue weighted by molar-refractivity contribution is -0.128. The van der Waals surface area contributed by atoms with Crippen LogP contribution in [-0.4, -0.2) is 19.6 Å². The summed E-state index contributed by atoms with van der Waals surface area (Å²) >= 11 is 0. The van der Waals surface area contributed by atoms with Crippen LogP contribution in [0.15, 0.2) is 0 Å². The highest BCUT2D eigenvalue weighted by molar-refractivity contribution is 5.36. The minimum atomic E-state index is 0.333. The van der Waals surface area contributed by atoms with Crippen molar-refractivity contribution < 1.29 is 9.53 Å². The van der Waals surface area contributed by atoms with Crippen LogP contribution in [-0.2, 0) is 9.53 Å². The number of nitrogens with one attached hydrogen (secondary N) is 1. The third-order valence-corrected chi connectivity index (χ3v) is 0.432. The van der Waals surface area contributed by atoms with Crippen LogP contribution in [0.5, 0.6) is 0 Å². The van der Waals surface area contributed by atoms with Gasteiger partial charge in [0, 0.05) is 6.54 Å². The van der Waals surface area contributed by atoms with Crippen molar-refractivity contribution in [1.29, 1.82) is 0 Å². The Labute approximate surface area is 41.6 Å². The fourth-order valence-electron chi connectivity index (χ4n) is 0.166. The number of ether oxygens (including phenoxy) is 1. The van der Waals surface area contributed by atoms with Crippen molar-refractivity contribution in [1.82, 2.24) is 5.43 Å². The Morgan fingerprint density at radius 1 is 1.86 bits per heavy atom. The molecule has 0 saturated carbocycles. The van der Waals surface area contributed by atoms with Gasteiger partial charge < -0.3 is 4.74 Å². The number of hydrogen-bond acceptors (Lipinski definition) is 4. The van der Waals surface area contributed by atoms with Gasteiger partial charge in [-0.3, -0.25) is 16.1 Å². The number of carbonyl (C=O) groups is 1. The van der Waals surface area contributed by atoms with Gasteiger partial charge >= 0.3 is 0 Å². The zero-order valence-electron chi connectivity index (χ0n) is 3.89. The second-order valence-electron chi connectivity index (χ2n) is 0.921. The Balaban J connectivity index is 2.56. The molecule has 0 spiro atoms. The minimum absolute atomic E-state index is 0.333. The van der Waals surface area contributed by atoms with Gasteiger partial charge in [-0.05, 0) is 0 Å². The van der Waals surface area contributed by atoms with Crippen molar-refractivity contribution in [2.75, 3.05) is 13.2 Å². The lowest BCUT2D eigenvalue weighted by Crippen LogP contribution is -2.26. The molecular formula is C3H8N2O2. The van der Waals surface area contributed by atoms with Crippen LogP contribution in [0, 0.1) is 0 Å². The van der Waals surface area contributed by atoms with E-state index in [0.29, 0.717) is 19.6 Å². The van der Waals surface area contributed by atoms with E-state index in [0.717, 1.165) is 0 Å². The Hall–Kier alpha value is -0.610. The average molecular weight is 104 g/mol. The molecule has 3 N–H and O–H groups in total. The van der Waals surface area contributed by atoms with Crippen molar-refractivity contribution in [3.05, 3.63) is 0 Å². The van der Waals surface area contributed by atoms with Gasteiger partial charge in [0.1, 0.15) is 6.61 Å². The molecule has 0 heterocycles. The van der Waals surface area contributed by atoms with E-state index in [1.165, 1.54) is 0 Å². The van der Waals surface area contributed by atoms with Gasteiger partial charge in [0.2, 0.25) is 0 Å². The highest BCUT2D eigenvalue weighted by atomic mass is 16.5. The van der Waals surface area contributed by atoms with Gasteiger partial charge in [0.15, 0.2) is 0 Å². The van der Waals surface area contributed by atoms with Crippen molar-refractivity contribution in [2.24, 2.45) is 5.84 Å². The van der Waals surface area contributed by atoms with E-state index in [2.05, 4.69) is 10.2 Å². The zero-order chi connectivity index (χ0) is 5.54. The van der Waals surface area contributed by atoms with E-state index >= 15 is 0 Å². The van der Waals surface area contributed by atoms with Crippen LogP contribution in [0.25, 0.3) is 0 Å². The van der Waals surface area contributed by atoms with Crippen LogP contribution in [0.4, 0.5) is 0 Å². The molecule has 0 aromatic heterocycles. The Morgan fingerprint density at radius 2 is 2.57 bits per heavy atom. The summed E-state index contributed by atoms with van der Waals surface area (Å²) in [6, 6.07) is 0. The summed E-state index contributed by atoms with van der Waals surface area (Å²) in [6.45, 7) is 1.22. The number of nitrogens with two attached hydrogens (primary N) is 1. The molecule has 42 valence electrons. The van der Waals surface area contributed by atoms with E-state index < -0.39 is 0 Å². The topological polar surface area (TPSA) is 64.3 Å². The van der Waals surface area contributed by atoms with Gasteiger partial charge in [0.05, 0.1) is 0 Å². The maximum atomic E-state index is 9.39. The number of rotatable bonds is 4. The Kier molecular flexibility index (Phi) is 4.92. The van der Waals surface area contributed by atoms with Crippen LogP contribution >= 0.6 is 0 Å². The number of carbonyl (C=O) groups excluding carboxylic acids is 1. The predicted molar refractivity (Wildman–Crippen MR) is 24.2 cm³/mol. The van der Waals surface area contributed by atoms with E-state index in [9.17, 15) is 4.79 Å². The lowest BCUT2D eigenvalue weighted by Gasteiger charge is -1.93. The minimum Gasteiger partial charge on any atom is -0.466 e. The summed E-state index contributed by atoms with van der Waals surface area (Å²) in [4.78, 5) is 9.39. The molecule has 7 heavy (non-hydrogen) atoms. The van der Waals surface area contributed by atoms with Crippen molar-refractivity contribution in [2.45, 2.75) is 0 Å². The van der Waals surface area contributed by atoms with Crippen molar-refractivity contribution in [3.8, 4) is 0 Å². The van der Waals surface area contributed by atoms with E-state index in [-0.39, 0.29) is 0 Å². The molecule has 0 atom stereocenters. The molecule has 0 unspecified atom stereocenters. The molecule has 0 aliphatic rings. The smallest absolute Gasteiger partial charge is 0.293 e. The fourth-order valence-corrected chi connectivity index (χ4v) is 0.166. The maximum absolute atomic E-state index is 9.39. The Morgan fingerprint density at radius 3 is 3.00 bits per heavy atom. The second-order valence-corrected chi connectivity index (χ2v) is 0.921. The fraction of sp³-hybridized carbons (Fsp3) is 0.667. The molecule has 0 amide bonds. The lowest BCUT2D eigenvalue weighted by atomic mass is 10.7. The number of hydrazine groups is 1. The monoisotopic (exact) mass is 104 g/mol. The second kappa shape index (κ2) is 5.39. The summed E-state index contributed by atoms with van der Waals surface area (Å²) in [7, 11) is 0. The first-order chi connectivity index (χ1) is 3.41. The third kappa shape index (κ3) is 5.39. The predicted octanol–water partition coefficient (Wildman–Crippen LogP) is -1.38. The van der Waals surface area contributed by atoms with Gasteiger partial charge in [-0.25, -0.2) is 0 Å².